The monoisotopic (exact) mass is 488 g/mol. The molecule has 0 aliphatic rings. The van der Waals surface area contributed by atoms with Crippen LogP contribution in [-0.4, -0.2) is 25.3 Å². The van der Waals surface area contributed by atoms with E-state index in [4.69, 9.17) is 0 Å². The topological polar surface area (TPSA) is 77.4 Å². The van der Waals surface area contributed by atoms with E-state index >= 15 is 0 Å². The van der Waals surface area contributed by atoms with E-state index in [2.05, 4.69) is 10.1 Å². The van der Waals surface area contributed by atoms with Crippen molar-refractivity contribution in [1.82, 2.24) is 4.57 Å². The average Bonchev–Trinajstić information content (AvgIpc) is 3.14. The Labute approximate surface area is 193 Å². The minimum Gasteiger partial charge on any atom is -0.406 e. The molecule has 0 saturated carbocycles. The van der Waals surface area contributed by atoms with E-state index in [1.165, 1.54) is 22.9 Å². The third kappa shape index (κ3) is 5.57. The number of sulfone groups is 1. The molecule has 4 rings (SSSR count). The van der Waals surface area contributed by atoms with Crippen LogP contribution in [0.1, 0.15) is 5.56 Å². The van der Waals surface area contributed by atoms with E-state index in [1.807, 2.05) is 0 Å². The number of hydrogen-bond acceptors (Lipinski definition) is 4. The molecule has 1 heterocycles. The molecule has 34 heavy (non-hydrogen) atoms. The number of aromatic nitrogens is 1. The number of para-hydroxylation sites is 1. The Morgan fingerprint density at radius 3 is 2.24 bits per heavy atom. The van der Waals surface area contributed by atoms with E-state index in [-0.39, 0.29) is 22.9 Å². The first-order valence-corrected chi connectivity index (χ1v) is 11.8. The molecule has 3 aromatic carbocycles. The third-order valence-electron chi connectivity index (χ3n) is 4.97. The number of carbonyl (C=O) groups is 1. The maximum Gasteiger partial charge on any atom is 0.573 e. The van der Waals surface area contributed by atoms with Crippen molar-refractivity contribution in [1.29, 1.82) is 0 Å². The summed E-state index contributed by atoms with van der Waals surface area (Å²) in [4.78, 5) is 12.7. The van der Waals surface area contributed by atoms with Gasteiger partial charge in [-0.3, -0.25) is 4.79 Å². The molecular formula is C24H19F3N2O4S. The molecule has 0 radical (unpaired) electrons. The normalized spacial score (nSPS) is 12.0. The number of alkyl halides is 3. The second kappa shape index (κ2) is 9.22. The number of nitrogens with one attached hydrogen (secondary N) is 1. The number of fused-ring (bicyclic) bond motifs is 1. The lowest BCUT2D eigenvalue weighted by Crippen LogP contribution is -2.19. The maximum atomic E-state index is 13.1. The van der Waals surface area contributed by atoms with Crippen LogP contribution in [0.15, 0.2) is 90.0 Å². The number of ether oxygens (including phenoxy) is 1. The van der Waals surface area contributed by atoms with Gasteiger partial charge in [0.25, 0.3) is 0 Å². The predicted octanol–water partition coefficient (Wildman–Crippen LogP) is 5.15. The first-order valence-electron chi connectivity index (χ1n) is 10.1. The van der Waals surface area contributed by atoms with Gasteiger partial charge in [-0.05, 0) is 35.9 Å². The zero-order chi connectivity index (χ0) is 24.3. The third-order valence-corrected chi connectivity index (χ3v) is 6.68. The van der Waals surface area contributed by atoms with Crippen molar-refractivity contribution in [3.63, 3.8) is 0 Å². The van der Waals surface area contributed by atoms with Crippen LogP contribution in [0.3, 0.4) is 0 Å². The van der Waals surface area contributed by atoms with Crippen LogP contribution in [0.2, 0.25) is 0 Å². The highest BCUT2D eigenvalue weighted by Gasteiger charge is 2.31. The second-order valence-electron chi connectivity index (χ2n) is 7.50. The van der Waals surface area contributed by atoms with Gasteiger partial charge in [-0.15, -0.1) is 13.2 Å². The lowest BCUT2D eigenvalue weighted by Gasteiger charge is -2.10. The number of hydrogen-bond donors (Lipinski definition) is 1. The van der Waals surface area contributed by atoms with Crippen LogP contribution in [0, 0.1) is 0 Å². The summed E-state index contributed by atoms with van der Waals surface area (Å²) in [5.74, 6) is -1.06. The van der Waals surface area contributed by atoms with Crippen molar-refractivity contribution in [2.24, 2.45) is 0 Å². The highest BCUT2D eigenvalue weighted by atomic mass is 32.2. The highest BCUT2D eigenvalue weighted by Crippen LogP contribution is 2.28. The van der Waals surface area contributed by atoms with Crippen molar-refractivity contribution in [3.8, 4) is 5.75 Å². The molecular weight excluding hydrogens is 469 g/mol. The lowest BCUT2D eigenvalue weighted by molar-refractivity contribution is -0.274. The molecule has 6 nitrogen and oxygen atoms in total. The first kappa shape index (κ1) is 23.4. The number of nitrogens with zero attached hydrogens (tertiary/aromatic N) is 1. The highest BCUT2D eigenvalue weighted by molar-refractivity contribution is 7.90. The number of carbonyl (C=O) groups excluding carboxylic acids is 1. The standard InChI is InChI=1S/C24H19F3N2O4S/c25-24(26,27)33-19-12-10-18(11-13-19)28-23(30)15-29-14-22(20-8-4-5-9-21(20)29)34(31,32)16-17-6-2-1-3-7-17/h1-14H,15-16H2,(H,28,30). The summed E-state index contributed by atoms with van der Waals surface area (Å²) < 4.78 is 68.5. The van der Waals surface area contributed by atoms with E-state index in [9.17, 15) is 26.4 Å². The molecule has 0 spiro atoms. The summed E-state index contributed by atoms with van der Waals surface area (Å²) in [6, 6.07) is 20.4. The van der Waals surface area contributed by atoms with Crippen molar-refractivity contribution < 1.29 is 31.1 Å². The largest absolute Gasteiger partial charge is 0.573 e. The first-order chi connectivity index (χ1) is 16.1. The number of halogens is 3. The molecule has 1 N–H and O–H groups in total. The molecule has 0 atom stereocenters. The molecule has 1 amide bonds. The smallest absolute Gasteiger partial charge is 0.406 e. The molecule has 0 aliphatic heterocycles. The summed E-state index contributed by atoms with van der Waals surface area (Å²) in [6.07, 6.45) is -3.37. The summed E-state index contributed by atoms with van der Waals surface area (Å²) >= 11 is 0. The Morgan fingerprint density at radius 1 is 0.912 bits per heavy atom. The molecule has 10 heteroatoms. The molecule has 0 saturated heterocycles. The van der Waals surface area contributed by atoms with Gasteiger partial charge in [0.1, 0.15) is 12.3 Å². The van der Waals surface area contributed by atoms with Crippen LogP contribution >= 0.6 is 0 Å². The SMILES string of the molecule is O=C(Cn1cc(S(=O)(=O)Cc2ccccc2)c2ccccc21)Nc1ccc(OC(F)(F)F)cc1. The minimum atomic E-state index is -4.81. The van der Waals surface area contributed by atoms with Gasteiger partial charge in [-0.2, -0.15) is 0 Å². The Balaban J connectivity index is 1.54. The molecule has 0 unspecified atom stereocenters. The number of rotatable bonds is 7. The Hall–Kier alpha value is -3.79. The van der Waals surface area contributed by atoms with Crippen molar-refractivity contribution in [3.05, 3.63) is 90.6 Å². The quantitative estimate of drug-likeness (QED) is 0.390. The van der Waals surface area contributed by atoms with E-state index in [1.54, 1.807) is 54.6 Å². The van der Waals surface area contributed by atoms with Gasteiger partial charge in [0, 0.05) is 22.8 Å². The van der Waals surface area contributed by atoms with Gasteiger partial charge in [-0.25, -0.2) is 8.42 Å². The van der Waals surface area contributed by atoms with E-state index in [0.717, 1.165) is 12.1 Å². The van der Waals surface area contributed by atoms with Gasteiger partial charge in [0.05, 0.1) is 10.6 Å². The maximum absolute atomic E-state index is 13.1. The molecule has 0 fully saturated rings. The van der Waals surface area contributed by atoms with Gasteiger partial charge < -0.3 is 14.6 Å². The second-order valence-corrected chi connectivity index (χ2v) is 9.46. The fraction of sp³-hybridized carbons (Fsp3) is 0.125. The fourth-order valence-electron chi connectivity index (χ4n) is 3.56. The number of anilines is 1. The van der Waals surface area contributed by atoms with Gasteiger partial charge in [0.15, 0.2) is 9.84 Å². The fourth-order valence-corrected chi connectivity index (χ4v) is 5.14. The average molecular weight is 488 g/mol. The van der Waals surface area contributed by atoms with Crippen molar-refractivity contribution >= 4 is 32.3 Å². The van der Waals surface area contributed by atoms with Gasteiger partial charge in [-0.1, -0.05) is 48.5 Å². The lowest BCUT2D eigenvalue weighted by atomic mass is 10.2. The van der Waals surface area contributed by atoms with E-state index < -0.39 is 27.9 Å². The Morgan fingerprint density at radius 2 is 1.56 bits per heavy atom. The summed E-state index contributed by atoms with van der Waals surface area (Å²) in [5, 5.41) is 3.09. The Kier molecular flexibility index (Phi) is 6.34. The predicted molar refractivity (Wildman–Crippen MR) is 121 cm³/mol. The Bertz CT molecular complexity index is 1410. The van der Waals surface area contributed by atoms with Crippen LogP contribution in [0.25, 0.3) is 10.9 Å². The molecule has 0 bridgehead atoms. The van der Waals surface area contributed by atoms with Crippen LogP contribution in [0.4, 0.5) is 18.9 Å². The number of amides is 1. The van der Waals surface area contributed by atoms with Crippen LogP contribution < -0.4 is 10.1 Å². The summed E-state index contributed by atoms with van der Waals surface area (Å²) in [6.45, 7) is -0.192. The zero-order valence-electron chi connectivity index (χ0n) is 17.6. The van der Waals surface area contributed by atoms with Crippen molar-refractivity contribution in [2.75, 3.05) is 5.32 Å². The molecule has 0 aliphatic carbocycles. The molecule has 176 valence electrons. The van der Waals surface area contributed by atoms with Crippen molar-refractivity contribution in [2.45, 2.75) is 23.6 Å². The summed E-state index contributed by atoms with van der Waals surface area (Å²) in [7, 11) is -3.69. The molecule has 4 aromatic rings. The van der Waals surface area contributed by atoms with E-state index in [0.29, 0.717) is 16.5 Å². The zero-order valence-corrected chi connectivity index (χ0v) is 18.4. The van der Waals surface area contributed by atoms with Crippen LogP contribution in [-0.2, 0) is 26.9 Å². The van der Waals surface area contributed by atoms with Crippen LogP contribution in [0.5, 0.6) is 5.75 Å². The summed E-state index contributed by atoms with van der Waals surface area (Å²) in [5.41, 5.74) is 1.49. The minimum absolute atomic E-state index is 0.119. The number of benzene rings is 3. The van der Waals surface area contributed by atoms with Gasteiger partial charge in [0.2, 0.25) is 5.91 Å². The molecule has 1 aromatic heterocycles. The van der Waals surface area contributed by atoms with Gasteiger partial charge >= 0.3 is 6.36 Å².